The Morgan fingerprint density at radius 3 is 2.37 bits per heavy atom. The molecule has 0 atom stereocenters. The van der Waals surface area contributed by atoms with Gasteiger partial charge < -0.3 is 0 Å². The first-order chi connectivity index (χ1) is 8.68. The summed E-state index contributed by atoms with van der Waals surface area (Å²) < 4.78 is 1.86. The molecule has 0 aromatic carbocycles. The van der Waals surface area contributed by atoms with Crippen molar-refractivity contribution in [3.05, 3.63) is 34.0 Å². The minimum Gasteiger partial charge on any atom is -0.276 e. The topological polar surface area (TPSA) is 30.7 Å². The monoisotopic (exact) mass is 277 g/mol. The standard InChI is InChI=1S/C15H23N3S/c1-14(2,3)13-17-12(10-19-13)7-15(4,5)11-8-16-18(6)9-11/h8-10H,7H2,1-6H3. The molecule has 0 bridgehead atoms. The van der Waals surface area contributed by atoms with Gasteiger partial charge in [-0.05, 0) is 17.4 Å². The van der Waals surface area contributed by atoms with Gasteiger partial charge in [0.25, 0.3) is 0 Å². The number of rotatable bonds is 3. The SMILES string of the molecule is Cn1cc(C(C)(C)Cc2csc(C(C)(C)C)n2)cn1. The van der Waals surface area contributed by atoms with Gasteiger partial charge in [0.2, 0.25) is 0 Å². The van der Waals surface area contributed by atoms with E-state index in [1.807, 2.05) is 17.9 Å². The Balaban J connectivity index is 2.18. The molecular weight excluding hydrogens is 254 g/mol. The van der Waals surface area contributed by atoms with E-state index in [2.05, 4.69) is 51.3 Å². The highest BCUT2D eigenvalue weighted by Gasteiger charge is 2.25. The first-order valence-corrected chi connectivity index (χ1v) is 7.50. The highest BCUT2D eigenvalue weighted by atomic mass is 32.1. The molecule has 0 fully saturated rings. The summed E-state index contributed by atoms with van der Waals surface area (Å²) in [7, 11) is 1.96. The lowest BCUT2D eigenvalue weighted by molar-refractivity contribution is 0.511. The average Bonchev–Trinajstić information content (AvgIpc) is 2.85. The van der Waals surface area contributed by atoms with E-state index in [1.54, 1.807) is 11.3 Å². The number of aromatic nitrogens is 3. The number of thiazole rings is 1. The number of hydrogen-bond donors (Lipinski definition) is 0. The molecule has 4 heteroatoms. The summed E-state index contributed by atoms with van der Waals surface area (Å²) in [4.78, 5) is 4.79. The Morgan fingerprint density at radius 1 is 1.21 bits per heavy atom. The lowest BCUT2D eigenvalue weighted by Gasteiger charge is -2.22. The molecule has 0 saturated carbocycles. The van der Waals surface area contributed by atoms with Gasteiger partial charge in [-0.25, -0.2) is 4.98 Å². The van der Waals surface area contributed by atoms with Crippen LogP contribution in [-0.4, -0.2) is 14.8 Å². The maximum absolute atomic E-state index is 4.79. The molecule has 0 unspecified atom stereocenters. The molecule has 2 aromatic heterocycles. The van der Waals surface area contributed by atoms with Crippen molar-refractivity contribution in [3.63, 3.8) is 0 Å². The van der Waals surface area contributed by atoms with Crippen LogP contribution in [0.5, 0.6) is 0 Å². The van der Waals surface area contributed by atoms with Gasteiger partial charge in [0.15, 0.2) is 0 Å². The van der Waals surface area contributed by atoms with E-state index in [1.165, 1.54) is 16.3 Å². The third kappa shape index (κ3) is 3.24. The Bertz CT molecular complexity index is 558. The summed E-state index contributed by atoms with van der Waals surface area (Å²) in [6, 6.07) is 0. The van der Waals surface area contributed by atoms with Crippen LogP contribution in [0.15, 0.2) is 17.8 Å². The molecule has 2 aromatic rings. The quantitative estimate of drug-likeness (QED) is 0.856. The van der Waals surface area contributed by atoms with Gasteiger partial charge in [-0.15, -0.1) is 11.3 Å². The van der Waals surface area contributed by atoms with Crippen molar-refractivity contribution >= 4 is 11.3 Å². The van der Waals surface area contributed by atoms with E-state index in [9.17, 15) is 0 Å². The lowest BCUT2D eigenvalue weighted by Crippen LogP contribution is -2.20. The number of aryl methyl sites for hydroxylation is 1. The molecule has 19 heavy (non-hydrogen) atoms. The molecule has 2 heterocycles. The third-order valence-electron chi connectivity index (χ3n) is 3.30. The predicted octanol–water partition coefficient (Wildman–Crippen LogP) is 3.69. The molecule has 0 N–H and O–H groups in total. The highest BCUT2D eigenvalue weighted by molar-refractivity contribution is 7.09. The fourth-order valence-corrected chi connectivity index (χ4v) is 2.97. The molecule has 0 amide bonds. The molecule has 0 aliphatic rings. The zero-order valence-corrected chi connectivity index (χ0v) is 13.5. The Kier molecular flexibility index (Phi) is 3.56. The highest BCUT2D eigenvalue weighted by Crippen LogP contribution is 2.30. The van der Waals surface area contributed by atoms with E-state index >= 15 is 0 Å². The predicted molar refractivity (Wildman–Crippen MR) is 80.8 cm³/mol. The zero-order valence-electron chi connectivity index (χ0n) is 12.7. The van der Waals surface area contributed by atoms with Crippen LogP contribution in [-0.2, 0) is 24.3 Å². The lowest BCUT2D eigenvalue weighted by atomic mass is 9.82. The van der Waals surface area contributed by atoms with Crippen LogP contribution in [0.2, 0.25) is 0 Å². The van der Waals surface area contributed by atoms with Gasteiger partial charge in [0.1, 0.15) is 0 Å². The van der Waals surface area contributed by atoms with Crippen molar-refractivity contribution in [1.82, 2.24) is 14.8 Å². The van der Waals surface area contributed by atoms with Crippen molar-refractivity contribution < 1.29 is 0 Å². The van der Waals surface area contributed by atoms with E-state index in [4.69, 9.17) is 4.98 Å². The molecule has 0 radical (unpaired) electrons. The second-order valence-electron chi connectivity index (χ2n) is 6.86. The maximum Gasteiger partial charge on any atom is 0.0981 e. The molecule has 104 valence electrons. The Labute approximate surface area is 119 Å². The first kappa shape index (κ1) is 14.3. The normalized spacial score (nSPS) is 12.9. The Hall–Kier alpha value is -1.16. The maximum atomic E-state index is 4.79. The van der Waals surface area contributed by atoms with E-state index in [-0.39, 0.29) is 10.8 Å². The minimum atomic E-state index is 0.0670. The summed E-state index contributed by atoms with van der Waals surface area (Å²) in [6.07, 6.45) is 5.00. The van der Waals surface area contributed by atoms with Gasteiger partial charge in [0, 0.05) is 24.0 Å². The van der Waals surface area contributed by atoms with Crippen LogP contribution < -0.4 is 0 Å². The average molecular weight is 277 g/mol. The summed E-state index contributed by atoms with van der Waals surface area (Å²) >= 11 is 1.77. The number of hydrogen-bond acceptors (Lipinski definition) is 3. The fraction of sp³-hybridized carbons (Fsp3) is 0.600. The van der Waals surface area contributed by atoms with Crippen molar-refractivity contribution in [2.75, 3.05) is 0 Å². The van der Waals surface area contributed by atoms with Crippen LogP contribution in [0.4, 0.5) is 0 Å². The van der Waals surface area contributed by atoms with Gasteiger partial charge in [-0.2, -0.15) is 5.10 Å². The smallest absolute Gasteiger partial charge is 0.0981 e. The third-order valence-corrected chi connectivity index (χ3v) is 4.62. The van der Waals surface area contributed by atoms with Crippen LogP contribution in [0.1, 0.15) is 50.9 Å². The van der Waals surface area contributed by atoms with Crippen LogP contribution >= 0.6 is 11.3 Å². The largest absolute Gasteiger partial charge is 0.276 e. The zero-order chi connectivity index (χ0) is 14.3. The number of nitrogens with zero attached hydrogens (tertiary/aromatic N) is 3. The molecule has 0 aliphatic carbocycles. The summed E-state index contributed by atoms with van der Waals surface area (Å²) in [5.41, 5.74) is 2.66. The first-order valence-electron chi connectivity index (χ1n) is 6.62. The van der Waals surface area contributed by atoms with Gasteiger partial charge in [0.05, 0.1) is 16.9 Å². The summed E-state index contributed by atoms with van der Waals surface area (Å²) in [6.45, 7) is 11.1. The van der Waals surface area contributed by atoms with Crippen molar-refractivity contribution in [2.45, 2.75) is 51.9 Å². The molecular formula is C15H23N3S. The van der Waals surface area contributed by atoms with Crippen molar-refractivity contribution in [2.24, 2.45) is 7.05 Å². The fourth-order valence-electron chi connectivity index (χ4n) is 2.06. The van der Waals surface area contributed by atoms with Gasteiger partial charge in [-0.3, -0.25) is 4.68 Å². The van der Waals surface area contributed by atoms with Crippen LogP contribution in [0.25, 0.3) is 0 Å². The van der Waals surface area contributed by atoms with Gasteiger partial charge >= 0.3 is 0 Å². The van der Waals surface area contributed by atoms with Crippen LogP contribution in [0, 0.1) is 0 Å². The second kappa shape index (κ2) is 4.75. The van der Waals surface area contributed by atoms with Crippen molar-refractivity contribution in [3.8, 4) is 0 Å². The van der Waals surface area contributed by atoms with Crippen molar-refractivity contribution in [1.29, 1.82) is 0 Å². The molecule has 2 rings (SSSR count). The summed E-state index contributed by atoms with van der Waals surface area (Å²) in [5.74, 6) is 0. The van der Waals surface area contributed by atoms with E-state index in [0.717, 1.165) is 6.42 Å². The molecule has 0 saturated heterocycles. The second-order valence-corrected chi connectivity index (χ2v) is 7.72. The van der Waals surface area contributed by atoms with E-state index in [0.29, 0.717) is 0 Å². The van der Waals surface area contributed by atoms with Crippen LogP contribution in [0.3, 0.4) is 0 Å². The van der Waals surface area contributed by atoms with E-state index < -0.39 is 0 Å². The summed E-state index contributed by atoms with van der Waals surface area (Å²) in [5, 5.41) is 7.67. The molecule has 3 nitrogen and oxygen atoms in total. The Morgan fingerprint density at radius 2 is 1.89 bits per heavy atom. The van der Waals surface area contributed by atoms with Gasteiger partial charge in [-0.1, -0.05) is 34.6 Å². The minimum absolute atomic E-state index is 0.0670. The molecule has 0 aliphatic heterocycles. The molecule has 0 spiro atoms.